The number of aromatic hydroxyl groups is 1. The summed E-state index contributed by atoms with van der Waals surface area (Å²) in [6, 6.07) is 7.06. The molecule has 0 amide bonds. The number of pyridine rings is 1. The van der Waals surface area contributed by atoms with Gasteiger partial charge in [-0.25, -0.2) is 13.2 Å². The lowest BCUT2D eigenvalue weighted by Crippen LogP contribution is -2.59. The number of thiophene rings is 1. The molecule has 7 heterocycles. The van der Waals surface area contributed by atoms with Gasteiger partial charge in [-0.1, -0.05) is 12.0 Å². The van der Waals surface area contributed by atoms with E-state index >= 15 is 8.78 Å². The van der Waals surface area contributed by atoms with Crippen molar-refractivity contribution in [3.05, 3.63) is 82.2 Å². The summed E-state index contributed by atoms with van der Waals surface area (Å²) in [6.45, 7) is 0.814. The first-order valence-corrected chi connectivity index (χ1v) is 18.8. The summed E-state index contributed by atoms with van der Waals surface area (Å²) in [4.78, 5) is 17.7. The van der Waals surface area contributed by atoms with Gasteiger partial charge in [-0.2, -0.15) is 30.1 Å². The molecule has 2 aromatic carbocycles. The number of terminal acetylenes is 1. The molecule has 4 aliphatic heterocycles. The Bertz CT molecular complexity index is 2350. The zero-order valence-corrected chi connectivity index (χ0v) is 30.5. The number of nitrogens with one attached hydrogen (secondary N) is 1. The predicted molar refractivity (Wildman–Crippen MR) is 199 cm³/mol. The molecule has 4 aliphatic rings. The summed E-state index contributed by atoms with van der Waals surface area (Å²) < 4.78 is 90.4. The Kier molecular flexibility index (Phi) is 9.63. The number of piperazine rings is 1. The maximum Gasteiger partial charge on any atom is 0.319 e. The number of alkyl halides is 2. The number of phenols is 1. The summed E-state index contributed by atoms with van der Waals surface area (Å²) >= 11 is 1.59. The third-order valence-electron chi connectivity index (χ3n) is 11.4. The molecule has 4 saturated heterocycles. The lowest BCUT2D eigenvalue weighted by Gasteiger charge is -2.40. The van der Waals surface area contributed by atoms with E-state index in [0.29, 0.717) is 38.4 Å². The molecule has 0 aliphatic carbocycles. The van der Waals surface area contributed by atoms with E-state index in [-0.39, 0.29) is 88.9 Å². The summed E-state index contributed by atoms with van der Waals surface area (Å²) in [5.74, 6) is 0.775. The zero-order chi connectivity index (χ0) is 38.6. The van der Waals surface area contributed by atoms with Gasteiger partial charge in [0.05, 0.1) is 29.2 Å². The van der Waals surface area contributed by atoms with Crippen LogP contribution < -0.4 is 15.0 Å². The van der Waals surface area contributed by atoms with Crippen molar-refractivity contribution in [1.29, 1.82) is 0 Å². The number of fused-ring (bicyclic) bond motifs is 5. The molecule has 4 fully saturated rings. The number of anilines is 1. The smallest absolute Gasteiger partial charge is 0.319 e. The molecular weight excluding hydrogens is 743 g/mol. The van der Waals surface area contributed by atoms with E-state index in [4.69, 9.17) is 16.1 Å². The summed E-state index contributed by atoms with van der Waals surface area (Å²) in [5, 5.41) is 18.8. The third kappa shape index (κ3) is 6.43. The minimum atomic E-state index is -1.81. The highest BCUT2D eigenvalue weighted by Crippen LogP contribution is 2.50. The Hall–Kier alpha value is -4.91. The summed E-state index contributed by atoms with van der Waals surface area (Å²) in [7, 11) is 0.500. The highest BCUT2D eigenvalue weighted by atomic mass is 32.1. The lowest BCUT2D eigenvalue weighted by molar-refractivity contribution is 0.0846. The first-order valence-electron chi connectivity index (χ1n) is 17.8. The zero-order valence-electron chi connectivity index (χ0n) is 29.6. The Morgan fingerprint density at radius 2 is 1.98 bits per heavy atom. The van der Waals surface area contributed by atoms with Crippen LogP contribution in [-0.2, 0) is 0 Å². The Morgan fingerprint density at radius 1 is 1.15 bits per heavy atom. The van der Waals surface area contributed by atoms with Gasteiger partial charge < -0.3 is 20.1 Å². The van der Waals surface area contributed by atoms with Gasteiger partial charge in [-0.3, -0.25) is 14.3 Å². The van der Waals surface area contributed by atoms with E-state index in [0.717, 1.165) is 18.1 Å². The molecule has 0 spiro atoms. The molecule has 2 N–H and O–H groups in total. The van der Waals surface area contributed by atoms with Gasteiger partial charge in [0.1, 0.15) is 41.4 Å². The number of benzene rings is 2. The second kappa shape index (κ2) is 14.3. The largest absolute Gasteiger partial charge is 0.508 e. The highest BCUT2D eigenvalue weighted by molar-refractivity contribution is 7.08. The van der Waals surface area contributed by atoms with Crippen LogP contribution in [0.4, 0.5) is 32.2 Å². The van der Waals surface area contributed by atoms with Gasteiger partial charge in [0.2, 0.25) is 0 Å². The first kappa shape index (κ1) is 37.0. The standard InChI is InChI=1S/C39H33F5N6O2S.CH3F/c1-2-26-29(41)4-3-21-11-25(51)12-27(32(21)26)34-33(44)35-28(15-45-34)36(49-17-24-5-8-38(19-49,48-24)14-31(42)43)47-37(46-35)52-20-39-9-6-30(22-7-10-53-18-22)50(39)16-23(40)13-39;1-2/h1,3-4,7,10-12,14-15,18,23-24,30,48,51H,5-6,8-9,13,16-17,19-20H2;1H3/t23-,24?,30+,38?,39-;/m0./s1. The fourth-order valence-electron chi connectivity index (χ4n) is 9.20. The van der Waals surface area contributed by atoms with Gasteiger partial charge >= 0.3 is 6.01 Å². The Labute approximate surface area is 316 Å². The minimum absolute atomic E-state index is 0.0380. The number of hydrogen-bond acceptors (Lipinski definition) is 9. The number of hydrogen-bond donors (Lipinski definition) is 2. The fourth-order valence-corrected chi connectivity index (χ4v) is 9.91. The number of aromatic nitrogens is 3. The lowest BCUT2D eigenvalue weighted by atomic mass is 9.94. The van der Waals surface area contributed by atoms with Gasteiger partial charge in [-0.15, -0.1) is 6.42 Å². The van der Waals surface area contributed by atoms with Gasteiger partial charge in [0.25, 0.3) is 6.08 Å². The SMILES string of the molecule is C#Cc1c(F)ccc2cc(O)cc(-c3ncc4c(N5CC6CCC(C=C(F)F)(C5)N6)nc(OC[C@@]56CC[C@H](c7ccsc7)N5C[C@@H](F)C6)nc4c3F)c12.CF. The van der Waals surface area contributed by atoms with Crippen LogP contribution in [0.1, 0.15) is 49.3 Å². The second-order valence-corrected chi connectivity index (χ2v) is 15.4. The molecule has 9 rings (SSSR count). The quantitative estimate of drug-likeness (QED) is 0.126. The first-order chi connectivity index (χ1) is 26.5. The Morgan fingerprint density at radius 3 is 2.75 bits per heavy atom. The maximum atomic E-state index is 17.1. The summed E-state index contributed by atoms with van der Waals surface area (Å²) in [6.07, 6.45) is 8.03. The van der Waals surface area contributed by atoms with Crippen LogP contribution in [0.3, 0.4) is 0 Å². The van der Waals surface area contributed by atoms with Gasteiger partial charge in [0, 0.05) is 61.4 Å². The van der Waals surface area contributed by atoms with E-state index in [1.54, 1.807) is 11.3 Å². The molecule has 2 bridgehead atoms. The number of ether oxygens (including phenoxy) is 1. The van der Waals surface area contributed by atoms with Crippen LogP contribution in [0.15, 0.2) is 59.4 Å². The number of nitrogens with zero attached hydrogens (tertiary/aromatic N) is 5. The normalized spacial score (nSPS) is 25.8. The third-order valence-corrected chi connectivity index (χ3v) is 12.1. The molecule has 8 nitrogen and oxygen atoms in total. The van der Waals surface area contributed by atoms with Gasteiger partial charge in [0.15, 0.2) is 5.82 Å². The molecule has 15 heteroatoms. The van der Waals surface area contributed by atoms with Gasteiger partial charge in [-0.05, 0) is 71.7 Å². The minimum Gasteiger partial charge on any atom is -0.508 e. The topological polar surface area (TPSA) is 86.6 Å². The van der Waals surface area contributed by atoms with Crippen molar-refractivity contribution in [2.45, 2.75) is 61.4 Å². The molecule has 55 heavy (non-hydrogen) atoms. The van der Waals surface area contributed by atoms with Crippen molar-refractivity contribution in [2.24, 2.45) is 0 Å². The average molecular weight is 779 g/mol. The van der Waals surface area contributed by atoms with Crippen LogP contribution in [-0.4, -0.2) is 81.7 Å². The van der Waals surface area contributed by atoms with E-state index in [2.05, 4.69) is 37.6 Å². The molecule has 3 aromatic heterocycles. The molecular formula is C40H36F6N6O2S. The number of rotatable bonds is 7. The fraction of sp³-hybridized carbons (Fsp3) is 0.375. The average Bonchev–Trinajstić information content (AvgIpc) is 3.95. The van der Waals surface area contributed by atoms with Crippen molar-refractivity contribution >= 4 is 38.8 Å². The highest BCUT2D eigenvalue weighted by Gasteiger charge is 2.54. The van der Waals surface area contributed by atoms with Crippen molar-refractivity contribution in [2.75, 3.05) is 38.3 Å². The molecule has 5 atom stereocenters. The van der Waals surface area contributed by atoms with E-state index < -0.39 is 35.0 Å². The van der Waals surface area contributed by atoms with Crippen LogP contribution in [0.25, 0.3) is 32.9 Å². The predicted octanol–water partition coefficient (Wildman–Crippen LogP) is 8.25. The van der Waals surface area contributed by atoms with Crippen LogP contribution >= 0.6 is 11.3 Å². The number of halogens is 6. The van der Waals surface area contributed by atoms with E-state index in [1.165, 1.54) is 30.5 Å². The van der Waals surface area contributed by atoms with Crippen molar-refractivity contribution in [3.63, 3.8) is 0 Å². The molecule has 286 valence electrons. The van der Waals surface area contributed by atoms with E-state index in [9.17, 15) is 22.7 Å². The van der Waals surface area contributed by atoms with Crippen LogP contribution in [0.5, 0.6) is 11.8 Å². The molecule has 0 radical (unpaired) electrons. The monoisotopic (exact) mass is 778 g/mol. The van der Waals surface area contributed by atoms with E-state index in [1.807, 2.05) is 10.3 Å². The number of phenolic OH excluding ortho intramolecular Hbond substituents is 1. The van der Waals surface area contributed by atoms with Crippen molar-refractivity contribution in [1.82, 2.24) is 25.2 Å². The molecule has 2 unspecified atom stereocenters. The second-order valence-electron chi connectivity index (χ2n) is 14.6. The summed E-state index contributed by atoms with van der Waals surface area (Å²) in [5.41, 5.74) is -1.02. The van der Waals surface area contributed by atoms with Crippen molar-refractivity contribution < 1.29 is 36.2 Å². The van der Waals surface area contributed by atoms with Crippen LogP contribution in [0.2, 0.25) is 0 Å². The maximum absolute atomic E-state index is 17.1. The molecule has 0 saturated carbocycles. The van der Waals surface area contributed by atoms with Crippen molar-refractivity contribution in [3.8, 4) is 35.4 Å². The van der Waals surface area contributed by atoms with Crippen LogP contribution in [0, 0.1) is 24.0 Å². The molecule has 5 aromatic rings. The Balaban J connectivity index is 0.00000210.